The van der Waals surface area contributed by atoms with Crippen LogP contribution in [-0.2, 0) is 4.79 Å². The third kappa shape index (κ3) is 5.98. The van der Waals surface area contributed by atoms with Gasteiger partial charge in [-0.05, 0) is 38.4 Å². The van der Waals surface area contributed by atoms with Crippen molar-refractivity contribution in [2.75, 3.05) is 25.2 Å². The minimum atomic E-state index is -0.370. The predicted octanol–water partition coefficient (Wildman–Crippen LogP) is 0.234. The van der Waals surface area contributed by atoms with Gasteiger partial charge in [0.1, 0.15) is 6.29 Å². The number of amides is 3. The number of hydrogen-bond acceptors (Lipinski definition) is 7. The van der Waals surface area contributed by atoms with Gasteiger partial charge in [0.05, 0.1) is 6.17 Å². The Kier molecular flexibility index (Phi) is 6.90. The zero-order valence-corrected chi connectivity index (χ0v) is 16.1. The third-order valence-corrected chi connectivity index (χ3v) is 4.43. The number of rotatable bonds is 7. The number of carbonyl (C=O) groups is 2. The highest BCUT2D eigenvalue weighted by atomic mass is 16.7. The van der Waals surface area contributed by atoms with Gasteiger partial charge in [0.25, 0.3) is 0 Å². The lowest BCUT2D eigenvalue weighted by molar-refractivity contribution is -0.118. The van der Waals surface area contributed by atoms with Gasteiger partial charge in [0.2, 0.25) is 12.7 Å². The molecule has 1 aromatic rings. The minimum Gasteiger partial charge on any atom is -0.454 e. The molecule has 0 spiro atoms. The molecule has 2 heterocycles. The van der Waals surface area contributed by atoms with Crippen molar-refractivity contribution < 1.29 is 19.1 Å². The fourth-order valence-corrected chi connectivity index (χ4v) is 3.15. The molecule has 2 aliphatic rings. The van der Waals surface area contributed by atoms with Gasteiger partial charge in [-0.1, -0.05) is 0 Å². The molecule has 0 saturated carbocycles. The molecule has 3 unspecified atom stereocenters. The minimum absolute atomic E-state index is 0.0219. The molecule has 2 aliphatic heterocycles. The van der Waals surface area contributed by atoms with E-state index in [1.807, 2.05) is 0 Å². The van der Waals surface area contributed by atoms with Gasteiger partial charge in [-0.25, -0.2) is 4.79 Å². The summed E-state index contributed by atoms with van der Waals surface area (Å²) >= 11 is 0. The maximum Gasteiger partial charge on any atom is 0.321 e. The van der Waals surface area contributed by atoms with Crippen LogP contribution >= 0.6 is 0 Å². The van der Waals surface area contributed by atoms with Gasteiger partial charge >= 0.3 is 6.03 Å². The molecule has 6 N–H and O–H groups in total. The first-order valence-electron chi connectivity index (χ1n) is 9.46. The third-order valence-electron chi connectivity index (χ3n) is 4.43. The SMILES string of the molecule is CC(=O)NCCCNC1CC(C)NC(NC(=O)Nc2ccc3c(c2)OCO3)N1. The van der Waals surface area contributed by atoms with Crippen LogP contribution in [0.1, 0.15) is 26.7 Å². The molecule has 10 heteroatoms. The number of ether oxygens (including phenoxy) is 2. The van der Waals surface area contributed by atoms with Crippen molar-refractivity contribution in [2.24, 2.45) is 0 Å². The van der Waals surface area contributed by atoms with Crippen molar-refractivity contribution in [1.29, 1.82) is 0 Å². The Morgan fingerprint density at radius 3 is 2.82 bits per heavy atom. The number of anilines is 1. The summed E-state index contributed by atoms with van der Waals surface area (Å²) in [6.45, 7) is 5.17. The molecule has 154 valence electrons. The van der Waals surface area contributed by atoms with Crippen molar-refractivity contribution in [3.8, 4) is 11.5 Å². The highest BCUT2D eigenvalue weighted by molar-refractivity contribution is 5.89. The Labute approximate surface area is 164 Å². The second-order valence-corrected chi connectivity index (χ2v) is 6.91. The largest absolute Gasteiger partial charge is 0.454 e. The summed E-state index contributed by atoms with van der Waals surface area (Å²) in [5.74, 6) is 1.26. The first-order valence-corrected chi connectivity index (χ1v) is 9.46. The Hall–Kier alpha value is -2.56. The van der Waals surface area contributed by atoms with Crippen LogP contribution in [0.2, 0.25) is 0 Å². The number of fused-ring (bicyclic) bond motifs is 1. The number of hydrogen-bond donors (Lipinski definition) is 6. The lowest BCUT2D eigenvalue weighted by atomic mass is 10.1. The summed E-state index contributed by atoms with van der Waals surface area (Å²) in [5.41, 5.74) is 0.623. The van der Waals surface area contributed by atoms with Gasteiger partial charge in [0, 0.05) is 31.3 Å². The molecule has 0 bridgehead atoms. The molecule has 1 fully saturated rings. The van der Waals surface area contributed by atoms with E-state index in [1.165, 1.54) is 6.92 Å². The van der Waals surface area contributed by atoms with Gasteiger partial charge in [-0.2, -0.15) is 0 Å². The van der Waals surface area contributed by atoms with Crippen molar-refractivity contribution >= 4 is 17.6 Å². The van der Waals surface area contributed by atoms with Crippen LogP contribution in [0.3, 0.4) is 0 Å². The van der Waals surface area contributed by atoms with E-state index in [-0.39, 0.29) is 37.2 Å². The van der Waals surface area contributed by atoms with Gasteiger partial charge in [-0.15, -0.1) is 0 Å². The topological polar surface area (TPSA) is 125 Å². The average molecular weight is 392 g/mol. The maximum absolute atomic E-state index is 12.3. The fraction of sp³-hybridized carbons (Fsp3) is 0.556. The van der Waals surface area contributed by atoms with Crippen LogP contribution in [0, 0.1) is 0 Å². The monoisotopic (exact) mass is 392 g/mol. The van der Waals surface area contributed by atoms with E-state index in [0.717, 1.165) is 19.4 Å². The number of nitrogens with one attached hydrogen (secondary N) is 6. The second-order valence-electron chi connectivity index (χ2n) is 6.91. The summed E-state index contributed by atoms with van der Waals surface area (Å²) in [6, 6.07) is 5.15. The van der Waals surface area contributed by atoms with Crippen LogP contribution in [0.4, 0.5) is 10.5 Å². The van der Waals surface area contributed by atoms with Gasteiger partial charge in [-0.3, -0.25) is 15.4 Å². The lowest BCUT2D eigenvalue weighted by Crippen LogP contribution is -2.67. The van der Waals surface area contributed by atoms with Crippen LogP contribution in [0.25, 0.3) is 0 Å². The van der Waals surface area contributed by atoms with E-state index in [2.05, 4.69) is 38.8 Å². The van der Waals surface area contributed by atoms with E-state index in [0.29, 0.717) is 23.7 Å². The molecular weight excluding hydrogens is 364 g/mol. The zero-order chi connectivity index (χ0) is 19.9. The van der Waals surface area contributed by atoms with Gasteiger partial charge < -0.3 is 30.7 Å². The van der Waals surface area contributed by atoms with Crippen molar-refractivity contribution in [2.45, 2.75) is 45.2 Å². The number of benzene rings is 1. The van der Waals surface area contributed by atoms with E-state index in [1.54, 1.807) is 18.2 Å². The normalized spacial score (nSPS) is 23.1. The Morgan fingerprint density at radius 1 is 1.18 bits per heavy atom. The zero-order valence-electron chi connectivity index (χ0n) is 16.1. The molecule has 1 saturated heterocycles. The molecule has 3 rings (SSSR count). The average Bonchev–Trinajstić information content (AvgIpc) is 3.08. The first-order chi connectivity index (χ1) is 13.5. The summed E-state index contributed by atoms with van der Waals surface area (Å²) in [5, 5.41) is 18.4. The smallest absolute Gasteiger partial charge is 0.321 e. The number of carbonyl (C=O) groups excluding carboxylic acids is 2. The molecule has 1 aromatic carbocycles. The Morgan fingerprint density at radius 2 is 2.00 bits per heavy atom. The van der Waals surface area contributed by atoms with Gasteiger partial charge in [0.15, 0.2) is 11.5 Å². The van der Waals surface area contributed by atoms with E-state index < -0.39 is 0 Å². The molecule has 3 amide bonds. The van der Waals surface area contributed by atoms with Crippen molar-refractivity contribution in [3.63, 3.8) is 0 Å². The Balaban J connectivity index is 1.42. The molecule has 3 atom stereocenters. The molecule has 0 aliphatic carbocycles. The molecule has 0 aromatic heterocycles. The molecule has 0 radical (unpaired) electrons. The highest BCUT2D eigenvalue weighted by Gasteiger charge is 2.25. The summed E-state index contributed by atoms with van der Waals surface area (Å²) in [7, 11) is 0. The maximum atomic E-state index is 12.3. The van der Waals surface area contributed by atoms with E-state index in [4.69, 9.17) is 9.47 Å². The molecule has 28 heavy (non-hydrogen) atoms. The second kappa shape index (κ2) is 9.58. The van der Waals surface area contributed by atoms with Crippen LogP contribution in [0.5, 0.6) is 11.5 Å². The van der Waals surface area contributed by atoms with Crippen molar-refractivity contribution in [1.82, 2.24) is 26.6 Å². The number of urea groups is 1. The summed E-state index contributed by atoms with van der Waals surface area (Å²) in [6.07, 6.45) is 1.40. The Bertz CT molecular complexity index is 701. The van der Waals surface area contributed by atoms with Crippen LogP contribution in [-0.4, -0.2) is 50.3 Å². The standard InChI is InChI=1S/C18H28N6O4/c1-11-8-16(20-7-3-6-19-12(2)25)23-17(21-11)24-18(26)22-13-4-5-14-15(9-13)28-10-27-14/h4-5,9,11,16-17,20-21,23H,3,6-8,10H2,1-2H3,(H,19,25)(H2,22,24,26). The molecular formula is C18H28N6O4. The quantitative estimate of drug-likeness (QED) is 0.367. The highest BCUT2D eigenvalue weighted by Crippen LogP contribution is 2.34. The van der Waals surface area contributed by atoms with Crippen molar-refractivity contribution in [3.05, 3.63) is 18.2 Å². The lowest BCUT2D eigenvalue weighted by Gasteiger charge is -2.36. The predicted molar refractivity (Wildman–Crippen MR) is 104 cm³/mol. The summed E-state index contributed by atoms with van der Waals surface area (Å²) in [4.78, 5) is 23.2. The first kappa shape index (κ1) is 20.2. The van der Waals surface area contributed by atoms with Crippen LogP contribution in [0.15, 0.2) is 18.2 Å². The molecule has 10 nitrogen and oxygen atoms in total. The fourth-order valence-electron chi connectivity index (χ4n) is 3.15. The van der Waals surface area contributed by atoms with E-state index >= 15 is 0 Å². The van der Waals surface area contributed by atoms with Crippen LogP contribution < -0.4 is 41.4 Å². The van der Waals surface area contributed by atoms with E-state index in [9.17, 15) is 9.59 Å². The summed E-state index contributed by atoms with van der Waals surface area (Å²) < 4.78 is 10.6.